The van der Waals surface area contributed by atoms with Gasteiger partial charge in [-0.25, -0.2) is 0 Å². The van der Waals surface area contributed by atoms with Crippen molar-refractivity contribution in [3.8, 4) is 0 Å². The average Bonchev–Trinajstić information content (AvgIpc) is 2.13. The second-order valence-electron chi connectivity index (χ2n) is 5.80. The number of halogens is 1. The standard InChI is InChI=1S/C12H24N2O.ClH/c1-12(2,3)7-6-11(15)14-8-4-5-10(13)9-14;/h10H,4-9,13H2,1-3H3;1H. The van der Waals surface area contributed by atoms with Crippen molar-refractivity contribution in [3.63, 3.8) is 0 Å². The van der Waals surface area contributed by atoms with E-state index in [4.69, 9.17) is 5.73 Å². The van der Waals surface area contributed by atoms with Crippen LogP contribution in [0.3, 0.4) is 0 Å². The van der Waals surface area contributed by atoms with Crippen molar-refractivity contribution in [2.75, 3.05) is 13.1 Å². The number of nitrogens with zero attached hydrogens (tertiary/aromatic N) is 1. The highest BCUT2D eigenvalue weighted by molar-refractivity contribution is 5.85. The third kappa shape index (κ3) is 5.71. The molecule has 1 aliphatic rings. The molecule has 0 radical (unpaired) electrons. The predicted molar refractivity (Wildman–Crippen MR) is 69.7 cm³/mol. The van der Waals surface area contributed by atoms with E-state index < -0.39 is 0 Å². The Morgan fingerprint density at radius 2 is 2.06 bits per heavy atom. The first-order valence-electron chi connectivity index (χ1n) is 5.92. The Morgan fingerprint density at radius 3 is 2.56 bits per heavy atom. The van der Waals surface area contributed by atoms with Crippen molar-refractivity contribution in [2.45, 2.75) is 52.5 Å². The summed E-state index contributed by atoms with van der Waals surface area (Å²) in [4.78, 5) is 13.8. The molecule has 1 heterocycles. The molecule has 0 aromatic carbocycles. The summed E-state index contributed by atoms with van der Waals surface area (Å²) in [6.07, 6.45) is 3.74. The predicted octanol–water partition coefficient (Wildman–Crippen LogP) is 2.18. The summed E-state index contributed by atoms with van der Waals surface area (Å²) < 4.78 is 0. The van der Waals surface area contributed by atoms with Crippen LogP contribution in [-0.4, -0.2) is 29.9 Å². The molecule has 96 valence electrons. The second kappa shape index (κ2) is 6.45. The highest BCUT2D eigenvalue weighted by Crippen LogP contribution is 2.21. The lowest BCUT2D eigenvalue weighted by Crippen LogP contribution is -2.45. The van der Waals surface area contributed by atoms with E-state index in [1.54, 1.807) is 0 Å². The molecule has 1 atom stereocenters. The minimum Gasteiger partial charge on any atom is -0.341 e. The molecule has 0 bridgehead atoms. The molecule has 16 heavy (non-hydrogen) atoms. The maximum atomic E-state index is 11.9. The van der Waals surface area contributed by atoms with Crippen LogP contribution in [0.15, 0.2) is 0 Å². The second-order valence-corrected chi connectivity index (χ2v) is 5.80. The maximum Gasteiger partial charge on any atom is 0.222 e. The lowest BCUT2D eigenvalue weighted by molar-refractivity contribution is -0.132. The van der Waals surface area contributed by atoms with Gasteiger partial charge in [0.1, 0.15) is 0 Å². The van der Waals surface area contributed by atoms with Gasteiger partial charge in [0.15, 0.2) is 0 Å². The van der Waals surface area contributed by atoms with Gasteiger partial charge in [-0.2, -0.15) is 0 Å². The van der Waals surface area contributed by atoms with E-state index in [0.29, 0.717) is 6.42 Å². The van der Waals surface area contributed by atoms with Crippen molar-refractivity contribution in [3.05, 3.63) is 0 Å². The molecule has 0 aliphatic carbocycles. The van der Waals surface area contributed by atoms with Crippen molar-refractivity contribution in [2.24, 2.45) is 11.1 Å². The van der Waals surface area contributed by atoms with E-state index in [1.165, 1.54) is 0 Å². The van der Waals surface area contributed by atoms with Crippen LogP contribution >= 0.6 is 12.4 Å². The van der Waals surface area contributed by atoms with E-state index in [0.717, 1.165) is 32.4 Å². The molecule has 0 saturated carbocycles. The Labute approximate surface area is 105 Å². The number of nitrogens with two attached hydrogens (primary N) is 1. The molecule has 2 N–H and O–H groups in total. The first-order chi connectivity index (χ1) is 6.88. The minimum absolute atomic E-state index is 0. The van der Waals surface area contributed by atoms with Crippen molar-refractivity contribution in [1.82, 2.24) is 4.90 Å². The number of carbonyl (C=O) groups excluding carboxylic acids is 1. The highest BCUT2D eigenvalue weighted by atomic mass is 35.5. The first-order valence-corrected chi connectivity index (χ1v) is 5.92. The van der Waals surface area contributed by atoms with Gasteiger partial charge in [0, 0.05) is 25.6 Å². The van der Waals surface area contributed by atoms with E-state index in [-0.39, 0.29) is 29.8 Å². The van der Waals surface area contributed by atoms with Crippen LogP contribution in [0.1, 0.15) is 46.5 Å². The molecular formula is C12H25ClN2O. The summed E-state index contributed by atoms with van der Waals surface area (Å²) in [5, 5.41) is 0. The quantitative estimate of drug-likeness (QED) is 0.814. The van der Waals surface area contributed by atoms with E-state index in [9.17, 15) is 4.79 Å². The molecule has 4 heteroatoms. The fourth-order valence-corrected chi connectivity index (χ4v) is 1.88. The summed E-state index contributed by atoms with van der Waals surface area (Å²) in [5.74, 6) is 0.278. The fourth-order valence-electron chi connectivity index (χ4n) is 1.88. The van der Waals surface area contributed by atoms with Crippen molar-refractivity contribution >= 4 is 18.3 Å². The van der Waals surface area contributed by atoms with Crippen molar-refractivity contribution in [1.29, 1.82) is 0 Å². The zero-order valence-electron chi connectivity index (χ0n) is 10.7. The molecule has 0 spiro atoms. The number of rotatable bonds is 2. The number of likely N-dealkylation sites (tertiary alicyclic amines) is 1. The summed E-state index contributed by atoms with van der Waals surface area (Å²) in [5.41, 5.74) is 6.09. The topological polar surface area (TPSA) is 46.3 Å². The molecule has 1 aliphatic heterocycles. The Morgan fingerprint density at radius 1 is 1.44 bits per heavy atom. The third-order valence-electron chi connectivity index (χ3n) is 2.90. The summed E-state index contributed by atoms with van der Waals surface area (Å²) in [6.45, 7) is 8.16. The van der Waals surface area contributed by atoms with Gasteiger partial charge < -0.3 is 10.6 Å². The first kappa shape index (κ1) is 15.7. The number of hydrogen-bond acceptors (Lipinski definition) is 2. The van der Waals surface area contributed by atoms with Crippen LogP contribution in [0, 0.1) is 5.41 Å². The average molecular weight is 249 g/mol. The summed E-state index contributed by atoms with van der Waals surface area (Å²) in [7, 11) is 0. The van der Waals surface area contributed by atoms with Crippen LogP contribution in [0.25, 0.3) is 0 Å². The molecular weight excluding hydrogens is 224 g/mol. The van der Waals surface area contributed by atoms with E-state index in [1.807, 2.05) is 4.90 Å². The number of hydrogen-bond donors (Lipinski definition) is 1. The maximum absolute atomic E-state index is 11.9. The summed E-state index contributed by atoms with van der Waals surface area (Å²) >= 11 is 0. The van der Waals surface area contributed by atoms with Crippen LogP contribution in [0.4, 0.5) is 0 Å². The molecule has 1 amide bonds. The van der Waals surface area contributed by atoms with Gasteiger partial charge in [-0.1, -0.05) is 20.8 Å². The van der Waals surface area contributed by atoms with Crippen molar-refractivity contribution < 1.29 is 4.79 Å². The molecule has 0 aromatic heterocycles. The molecule has 1 rings (SSSR count). The number of piperidine rings is 1. The monoisotopic (exact) mass is 248 g/mol. The van der Waals surface area contributed by atoms with Gasteiger partial charge >= 0.3 is 0 Å². The largest absolute Gasteiger partial charge is 0.341 e. The fraction of sp³-hybridized carbons (Fsp3) is 0.917. The Hall–Kier alpha value is -0.280. The Balaban J connectivity index is 0.00000225. The Kier molecular flexibility index (Phi) is 6.34. The normalized spacial score (nSPS) is 21.5. The summed E-state index contributed by atoms with van der Waals surface area (Å²) in [6, 6.07) is 0.192. The SMILES string of the molecule is CC(C)(C)CCC(=O)N1CCCC(N)C1.Cl. The smallest absolute Gasteiger partial charge is 0.222 e. The minimum atomic E-state index is 0. The van der Waals surface area contributed by atoms with Gasteiger partial charge in [-0.05, 0) is 24.7 Å². The number of amides is 1. The van der Waals surface area contributed by atoms with E-state index >= 15 is 0 Å². The van der Waals surface area contributed by atoms with Gasteiger partial charge in [0.25, 0.3) is 0 Å². The zero-order chi connectivity index (χ0) is 11.5. The lowest BCUT2D eigenvalue weighted by atomic mass is 9.90. The lowest BCUT2D eigenvalue weighted by Gasteiger charge is -2.31. The van der Waals surface area contributed by atoms with Gasteiger partial charge in [0.2, 0.25) is 5.91 Å². The zero-order valence-corrected chi connectivity index (χ0v) is 11.5. The van der Waals surface area contributed by atoms with Crippen LogP contribution in [0.2, 0.25) is 0 Å². The van der Waals surface area contributed by atoms with Crippen LogP contribution < -0.4 is 5.73 Å². The Bertz CT molecular complexity index is 226. The number of carbonyl (C=O) groups is 1. The van der Waals surface area contributed by atoms with Gasteiger partial charge in [-0.3, -0.25) is 4.79 Å². The molecule has 1 unspecified atom stereocenters. The highest BCUT2D eigenvalue weighted by Gasteiger charge is 2.22. The van der Waals surface area contributed by atoms with Crippen LogP contribution in [0.5, 0.6) is 0 Å². The van der Waals surface area contributed by atoms with Gasteiger partial charge in [0.05, 0.1) is 0 Å². The van der Waals surface area contributed by atoms with E-state index in [2.05, 4.69) is 20.8 Å². The molecule has 0 aromatic rings. The van der Waals surface area contributed by atoms with Crippen LogP contribution in [-0.2, 0) is 4.79 Å². The molecule has 1 fully saturated rings. The van der Waals surface area contributed by atoms with Gasteiger partial charge in [-0.15, -0.1) is 12.4 Å². The molecule has 3 nitrogen and oxygen atoms in total. The molecule has 1 saturated heterocycles. The third-order valence-corrected chi connectivity index (χ3v) is 2.90.